The fourth-order valence-corrected chi connectivity index (χ4v) is 6.11. The van der Waals surface area contributed by atoms with E-state index < -0.39 is 11.9 Å². The predicted molar refractivity (Wildman–Crippen MR) is 208 cm³/mol. The molecule has 0 bridgehead atoms. The van der Waals surface area contributed by atoms with Crippen LogP contribution in [0.1, 0.15) is 88.9 Å². The second kappa shape index (κ2) is 24.4. The zero-order chi connectivity index (χ0) is 39.2. The number of carboxylic acids is 2. The number of quaternary nitrogens is 2. The highest BCUT2D eigenvalue weighted by Crippen LogP contribution is 2.16. The lowest BCUT2D eigenvalue weighted by Gasteiger charge is -2.31. The highest BCUT2D eigenvalue weighted by molar-refractivity contribution is 5.94. The minimum atomic E-state index is -1.13. The molecule has 4 aromatic carbocycles. The Morgan fingerprint density at radius 1 is 0.635 bits per heavy atom. The second-order valence-corrected chi connectivity index (χ2v) is 14.4. The smallest absolute Gasteiger partial charge is 0.0884 e. The average Bonchev–Trinajstić information content (AvgIpc) is 3.09. The molecular weight excluding hydrogens is 656 g/mol. The molecule has 0 unspecified atom stereocenters. The number of nitrogens with two attached hydrogens (primary N) is 2. The lowest BCUT2D eigenvalue weighted by molar-refractivity contribution is -0.689. The number of hydrogen-bond donors (Lipinski definition) is 6. The van der Waals surface area contributed by atoms with Crippen molar-refractivity contribution >= 4 is 33.5 Å². The van der Waals surface area contributed by atoms with Gasteiger partial charge in [-0.25, -0.2) is 0 Å². The van der Waals surface area contributed by atoms with Crippen LogP contribution >= 0.6 is 0 Å². The van der Waals surface area contributed by atoms with E-state index in [0.717, 1.165) is 34.6 Å². The maximum Gasteiger partial charge on any atom is 0.0884 e. The number of nitrogens with one attached hydrogen (secondary N) is 2. The van der Waals surface area contributed by atoms with Crippen molar-refractivity contribution in [1.29, 1.82) is 0 Å². The van der Waals surface area contributed by atoms with Gasteiger partial charge in [-0.05, 0) is 100 Å². The number of fused-ring (bicyclic) bond motifs is 2. The minimum Gasteiger partial charge on any atom is -0.545 e. The van der Waals surface area contributed by atoms with Crippen LogP contribution in [0.2, 0.25) is 0 Å². The number of carbonyl (C=O) groups excluding carboxylic acids is 2. The topological polar surface area (TPSA) is 178 Å². The molecule has 1 fully saturated rings. The first kappa shape index (κ1) is 46.1. The Bertz CT molecular complexity index is 1490. The summed E-state index contributed by atoms with van der Waals surface area (Å²) in [5.74, 6) is -2.27. The van der Waals surface area contributed by atoms with Gasteiger partial charge in [-0.2, -0.15) is 0 Å². The lowest BCUT2D eigenvalue weighted by Crippen LogP contribution is -2.92. The lowest BCUT2D eigenvalue weighted by atomic mass is 9.94. The minimum absolute atomic E-state index is 0.221. The molecule has 1 aliphatic rings. The molecule has 10 heteroatoms. The maximum atomic E-state index is 10.5. The van der Waals surface area contributed by atoms with Gasteiger partial charge in [0.25, 0.3) is 0 Å². The monoisotopic (exact) mass is 720 g/mol. The Balaban J connectivity index is 0.000000370. The summed E-state index contributed by atoms with van der Waals surface area (Å²) in [6, 6.07) is 26.5. The largest absolute Gasteiger partial charge is 0.545 e. The quantitative estimate of drug-likeness (QED) is 0.182. The Kier molecular flexibility index (Phi) is 21.6. The van der Waals surface area contributed by atoms with E-state index in [-0.39, 0.29) is 35.4 Å². The number of rotatable bonds is 2. The van der Waals surface area contributed by atoms with Crippen LogP contribution in [0.3, 0.4) is 0 Å². The summed E-state index contributed by atoms with van der Waals surface area (Å²) in [5.41, 5.74) is 0.922. The van der Waals surface area contributed by atoms with E-state index in [2.05, 4.69) is 62.8 Å². The van der Waals surface area contributed by atoms with E-state index in [9.17, 15) is 19.8 Å². The van der Waals surface area contributed by atoms with E-state index in [1.165, 1.54) is 25.9 Å². The molecule has 0 spiro atoms. The molecule has 1 saturated heterocycles. The molecule has 52 heavy (non-hydrogen) atoms. The zero-order valence-electron chi connectivity index (χ0n) is 32.6. The SMILES string of the molecule is CCO.CCO.C[C@@H]1CC(C)(C)NCC[NH2+][C@@H](C)CC(C)(C)NCC[NH2+]1.O=C([O-])c1ccc2ccccc2c1.O=C([O-])c1ccc2ccccc2c1. The van der Waals surface area contributed by atoms with Crippen LogP contribution in [0.25, 0.3) is 21.5 Å². The number of hydrogen-bond acceptors (Lipinski definition) is 8. The summed E-state index contributed by atoms with van der Waals surface area (Å²) in [6.45, 7) is 22.4. The fourth-order valence-electron chi connectivity index (χ4n) is 6.11. The number of benzene rings is 4. The highest BCUT2D eigenvalue weighted by Gasteiger charge is 2.25. The van der Waals surface area contributed by atoms with Gasteiger partial charge < -0.3 is 51.3 Å². The van der Waals surface area contributed by atoms with Crippen molar-refractivity contribution in [1.82, 2.24) is 10.6 Å². The van der Waals surface area contributed by atoms with Crippen molar-refractivity contribution < 1.29 is 40.6 Å². The van der Waals surface area contributed by atoms with Gasteiger partial charge in [0.1, 0.15) is 0 Å². The van der Waals surface area contributed by atoms with Crippen molar-refractivity contribution in [2.45, 2.75) is 91.4 Å². The number of carboxylic acid groups (broad SMARTS) is 2. The molecule has 4 aromatic rings. The van der Waals surface area contributed by atoms with E-state index in [4.69, 9.17) is 10.2 Å². The number of aliphatic hydroxyl groups excluding tert-OH is 2. The van der Waals surface area contributed by atoms with Crippen LogP contribution in [-0.4, -0.2) is 84.7 Å². The van der Waals surface area contributed by atoms with Crippen LogP contribution in [0.5, 0.6) is 0 Å². The molecule has 1 heterocycles. The van der Waals surface area contributed by atoms with Crippen LogP contribution in [0.15, 0.2) is 84.9 Å². The third-order valence-corrected chi connectivity index (χ3v) is 8.27. The standard InChI is InChI=1S/C16H36N4.2C11H8O2.2C2H6O/c1-13-11-15(3,4)19-10-8-18-14(2)12-16(5,6)20-9-7-17-13;2*12-11(13)10-6-5-8-3-1-2-4-9(8)7-10;2*1-2-3/h13-14,17-20H,7-12H2,1-6H3;2*1-7H,(H,12,13);2*3H,2H2,1H3/t13-,14+;;;;. The molecule has 0 saturated carbocycles. The molecule has 8 N–H and O–H groups in total. The van der Waals surface area contributed by atoms with Crippen LogP contribution < -0.4 is 31.5 Å². The third kappa shape index (κ3) is 19.1. The molecule has 288 valence electrons. The maximum absolute atomic E-state index is 10.5. The van der Waals surface area contributed by atoms with Gasteiger partial charge >= 0.3 is 0 Å². The van der Waals surface area contributed by atoms with Gasteiger partial charge in [0.15, 0.2) is 0 Å². The van der Waals surface area contributed by atoms with Gasteiger partial charge in [0.2, 0.25) is 0 Å². The number of aliphatic hydroxyl groups is 2. The van der Waals surface area contributed by atoms with Gasteiger partial charge in [0.05, 0.1) is 37.1 Å². The molecule has 0 radical (unpaired) electrons. The molecule has 0 amide bonds. The fraction of sp³-hybridized carbons (Fsp3) is 0.476. The first-order valence-corrected chi connectivity index (χ1v) is 18.4. The third-order valence-electron chi connectivity index (χ3n) is 8.27. The van der Waals surface area contributed by atoms with Gasteiger partial charge in [-0.15, -0.1) is 0 Å². The van der Waals surface area contributed by atoms with Crippen LogP contribution in [0, 0.1) is 0 Å². The second-order valence-electron chi connectivity index (χ2n) is 14.4. The first-order chi connectivity index (χ1) is 24.6. The first-order valence-electron chi connectivity index (χ1n) is 18.4. The summed E-state index contributed by atoms with van der Waals surface area (Å²) in [5, 5.41) is 52.5. The van der Waals surface area contributed by atoms with E-state index in [0.29, 0.717) is 12.1 Å². The normalized spacial score (nSPS) is 18.6. The number of carbonyl (C=O) groups is 2. The number of aromatic carboxylic acids is 2. The highest BCUT2D eigenvalue weighted by atomic mass is 16.4. The molecule has 10 nitrogen and oxygen atoms in total. The van der Waals surface area contributed by atoms with Crippen molar-refractivity contribution in [3.05, 3.63) is 96.1 Å². The van der Waals surface area contributed by atoms with Gasteiger partial charge in [-0.3, -0.25) is 0 Å². The van der Waals surface area contributed by atoms with E-state index in [1.807, 2.05) is 48.5 Å². The zero-order valence-corrected chi connectivity index (χ0v) is 32.6. The van der Waals surface area contributed by atoms with Crippen molar-refractivity contribution in [2.75, 3.05) is 39.4 Å². The summed E-state index contributed by atoms with van der Waals surface area (Å²) in [6.07, 6.45) is 2.43. The summed E-state index contributed by atoms with van der Waals surface area (Å²) in [7, 11) is 0. The summed E-state index contributed by atoms with van der Waals surface area (Å²) < 4.78 is 0. The predicted octanol–water partition coefficient (Wildman–Crippen LogP) is 1.82. The Hall–Kier alpha value is -3.90. The van der Waals surface area contributed by atoms with Gasteiger partial charge in [-0.1, -0.05) is 72.8 Å². The summed E-state index contributed by atoms with van der Waals surface area (Å²) in [4.78, 5) is 21.1. The Morgan fingerprint density at radius 3 is 1.25 bits per heavy atom. The van der Waals surface area contributed by atoms with Crippen LogP contribution in [-0.2, 0) is 0 Å². The molecule has 1 aliphatic heterocycles. The molecule has 2 atom stereocenters. The Labute approximate surface area is 311 Å². The molecular formula is C42H64N4O6. The van der Waals surface area contributed by atoms with Gasteiger partial charge in [0, 0.05) is 50.2 Å². The van der Waals surface area contributed by atoms with Crippen molar-refractivity contribution in [3.8, 4) is 0 Å². The molecule has 0 aliphatic carbocycles. The van der Waals surface area contributed by atoms with Crippen molar-refractivity contribution in [2.24, 2.45) is 0 Å². The summed E-state index contributed by atoms with van der Waals surface area (Å²) >= 11 is 0. The molecule has 5 rings (SSSR count). The average molecular weight is 721 g/mol. The Morgan fingerprint density at radius 2 is 0.942 bits per heavy atom. The van der Waals surface area contributed by atoms with E-state index in [1.54, 1.807) is 50.2 Å². The van der Waals surface area contributed by atoms with E-state index >= 15 is 0 Å². The van der Waals surface area contributed by atoms with Crippen LogP contribution in [0.4, 0.5) is 0 Å². The van der Waals surface area contributed by atoms with Crippen molar-refractivity contribution in [3.63, 3.8) is 0 Å². The molecule has 0 aromatic heterocycles.